The number of sulfonamides is 1. The fourth-order valence-corrected chi connectivity index (χ4v) is 4.89. The summed E-state index contributed by atoms with van der Waals surface area (Å²) < 4.78 is 27.5. The summed E-state index contributed by atoms with van der Waals surface area (Å²) in [6.45, 7) is 5.45. The van der Waals surface area contributed by atoms with Gasteiger partial charge in [0.25, 0.3) is 15.9 Å². The highest BCUT2D eigenvalue weighted by molar-refractivity contribution is 7.94. The zero-order valence-electron chi connectivity index (χ0n) is 14.5. The van der Waals surface area contributed by atoms with Gasteiger partial charge in [-0.25, -0.2) is 8.42 Å². The van der Waals surface area contributed by atoms with Crippen molar-refractivity contribution in [2.45, 2.75) is 30.1 Å². The van der Waals surface area contributed by atoms with Crippen molar-refractivity contribution in [1.29, 1.82) is 0 Å². The number of anilines is 1. The molecule has 2 atom stereocenters. The number of hydrogen-bond donors (Lipinski definition) is 2. The predicted molar refractivity (Wildman–Crippen MR) is 107 cm³/mol. The molecule has 1 fully saturated rings. The maximum Gasteiger partial charge on any atom is 0.271 e. The first-order valence-corrected chi connectivity index (χ1v) is 10.5. The monoisotopic (exact) mass is 415 g/mol. The van der Waals surface area contributed by atoms with E-state index in [-0.39, 0.29) is 34.6 Å². The van der Waals surface area contributed by atoms with Crippen LogP contribution in [-0.4, -0.2) is 44.4 Å². The second-order valence-corrected chi connectivity index (χ2v) is 8.96. The Hall–Kier alpha value is -1.61. The van der Waals surface area contributed by atoms with Crippen LogP contribution in [0.4, 0.5) is 5.69 Å². The summed E-state index contributed by atoms with van der Waals surface area (Å²) in [6, 6.07) is 10.2. The Morgan fingerprint density at radius 3 is 2.73 bits per heavy atom. The average Bonchev–Trinajstić information content (AvgIpc) is 3.12. The second kappa shape index (κ2) is 8.39. The van der Waals surface area contributed by atoms with Gasteiger partial charge < -0.3 is 10.2 Å². The van der Waals surface area contributed by atoms with Crippen LogP contribution in [0.15, 0.2) is 46.0 Å². The summed E-state index contributed by atoms with van der Waals surface area (Å²) in [5, 5.41) is 5.05. The number of benzene rings is 1. The zero-order chi connectivity index (χ0) is 18.0. The van der Waals surface area contributed by atoms with Gasteiger partial charge >= 0.3 is 0 Å². The predicted octanol–water partition coefficient (Wildman–Crippen LogP) is 2.79. The third-order valence-corrected chi connectivity index (χ3v) is 7.20. The Bertz CT molecular complexity index is 856. The van der Waals surface area contributed by atoms with Gasteiger partial charge in [-0.05, 0) is 43.5 Å². The molecule has 2 heterocycles. The maximum absolute atomic E-state index is 12.8. The van der Waals surface area contributed by atoms with Crippen molar-refractivity contribution < 1.29 is 13.2 Å². The molecule has 3 rings (SSSR count). The molecule has 2 unspecified atom stereocenters. The highest BCUT2D eigenvalue weighted by Gasteiger charge is 2.29. The molecule has 1 aromatic carbocycles. The summed E-state index contributed by atoms with van der Waals surface area (Å²) >= 11 is 1.15. The Kier molecular flexibility index (Phi) is 6.68. The number of thiophene rings is 1. The molecule has 6 nitrogen and oxygen atoms in total. The lowest BCUT2D eigenvalue weighted by Gasteiger charge is -2.38. The number of amides is 1. The number of nitrogens with zero attached hydrogens (tertiary/aromatic N) is 1. The van der Waals surface area contributed by atoms with Crippen molar-refractivity contribution in [3.63, 3.8) is 0 Å². The highest BCUT2D eigenvalue weighted by atomic mass is 35.5. The molecule has 26 heavy (non-hydrogen) atoms. The van der Waals surface area contributed by atoms with Gasteiger partial charge in [0.15, 0.2) is 0 Å². The van der Waals surface area contributed by atoms with Crippen molar-refractivity contribution in [3.05, 3.63) is 47.3 Å². The SMILES string of the molecule is CC1NCCN(C(=O)c2cccc(NS(=O)(=O)c3cccs3)c2)C1C.Cl. The van der Waals surface area contributed by atoms with Gasteiger partial charge in [0, 0.05) is 36.4 Å². The van der Waals surface area contributed by atoms with Crippen LogP contribution in [0.2, 0.25) is 0 Å². The molecule has 0 saturated carbocycles. The number of carbonyl (C=O) groups is 1. The van der Waals surface area contributed by atoms with Gasteiger partial charge in [-0.15, -0.1) is 23.7 Å². The fourth-order valence-electron chi connectivity index (χ4n) is 2.85. The number of rotatable bonds is 4. The molecule has 2 aromatic rings. The van der Waals surface area contributed by atoms with E-state index in [4.69, 9.17) is 0 Å². The van der Waals surface area contributed by atoms with E-state index in [0.717, 1.165) is 17.9 Å². The summed E-state index contributed by atoms with van der Waals surface area (Å²) in [5.41, 5.74) is 0.863. The van der Waals surface area contributed by atoms with Crippen molar-refractivity contribution in [2.75, 3.05) is 17.8 Å². The molecule has 1 saturated heterocycles. The van der Waals surface area contributed by atoms with Crippen molar-refractivity contribution in [2.24, 2.45) is 0 Å². The van der Waals surface area contributed by atoms with Crippen LogP contribution in [0.1, 0.15) is 24.2 Å². The van der Waals surface area contributed by atoms with Crippen molar-refractivity contribution >= 4 is 45.4 Å². The zero-order valence-corrected chi connectivity index (χ0v) is 17.0. The van der Waals surface area contributed by atoms with Gasteiger partial charge in [0.1, 0.15) is 4.21 Å². The minimum atomic E-state index is -3.62. The molecular weight excluding hydrogens is 394 g/mol. The molecule has 142 valence electrons. The normalized spacial score (nSPS) is 20.3. The lowest BCUT2D eigenvalue weighted by Crippen LogP contribution is -2.57. The first-order valence-electron chi connectivity index (χ1n) is 8.09. The Balaban J connectivity index is 0.00000243. The summed E-state index contributed by atoms with van der Waals surface area (Å²) in [7, 11) is -3.62. The molecule has 1 aromatic heterocycles. The standard InChI is InChI=1S/C17H21N3O3S2.ClH/c1-12-13(2)20(9-8-18-12)17(21)14-5-3-6-15(11-14)19-25(22,23)16-7-4-10-24-16;/h3-7,10-13,18-19H,8-9H2,1-2H3;1H. The Labute approximate surface area is 164 Å². The van der Waals surface area contributed by atoms with E-state index in [1.165, 1.54) is 0 Å². The summed E-state index contributed by atoms with van der Waals surface area (Å²) in [5.74, 6) is -0.0852. The second-order valence-electron chi connectivity index (χ2n) is 6.10. The van der Waals surface area contributed by atoms with Crippen LogP contribution in [0, 0.1) is 0 Å². The molecule has 9 heteroatoms. The molecule has 2 N–H and O–H groups in total. The fraction of sp³-hybridized carbons (Fsp3) is 0.353. The van der Waals surface area contributed by atoms with E-state index in [1.807, 2.05) is 11.8 Å². The lowest BCUT2D eigenvalue weighted by atomic mass is 10.1. The number of carbonyl (C=O) groups excluding carboxylic acids is 1. The molecule has 1 aliphatic rings. The van der Waals surface area contributed by atoms with Gasteiger partial charge in [-0.1, -0.05) is 12.1 Å². The van der Waals surface area contributed by atoms with E-state index < -0.39 is 10.0 Å². The Morgan fingerprint density at radius 1 is 1.27 bits per heavy atom. The third-order valence-electron chi connectivity index (χ3n) is 4.42. The van der Waals surface area contributed by atoms with E-state index in [1.54, 1.807) is 41.8 Å². The molecule has 0 bridgehead atoms. The van der Waals surface area contributed by atoms with Gasteiger partial charge in [-0.2, -0.15) is 0 Å². The first kappa shape index (κ1) is 20.7. The van der Waals surface area contributed by atoms with E-state index >= 15 is 0 Å². The number of hydrogen-bond acceptors (Lipinski definition) is 5. The van der Waals surface area contributed by atoms with Gasteiger partial charge in [0.2, 0.25) is 0 Å². The van der Waals surface area contributed by atoms with Crippen LogP contribution in [0.5, 0.6) is 0 Å². The van der Waals surface area contributed by atoms with E-state index in [9.17, 15) is 13.2 Å². The number of halogens is 1. The number of nitrogens with one attached hydrogen (secondary N) is 2. The number of piperazine rings is 1. The Morgan fingerprint density at radius 2 is 2.04 bits per heavy atom. The van der Waals surface area contributed by atoms with Crippen LogP contribution in [0.25, 0.3) is 0 Å². The van der Waals surface area contributed by atoms with Crippen molar-refractivity contribution in [1.82, 2.24) is 10.2 Å². The third kappa shape index (κ3) is 4.37. The van der Waals surface area contributed by atoms with Crippen LogP contribution in [0.3, 0.4) is 0 Å². The van der Waals surface area contributed by atoms with E-state index in [2.05, 4.69) is 17.0 Å². The quantitative estimate of drug-likeness (QED) is 0.804. The maximum atomic E-state index is 12.8. The van der Waals surface area contributed by atoms with Crippen LogP contribution >= 0.6 is 23.7 Å². The van der Waals surface area contributed by atoms with Crippen LogP contribution < -0.4 is 10.0 Å². The average molecular weight is 416 g/mol. The topological polar surface area (TPSA) is 78.5 Å². The van der Waals surface area contributed by atoms with E-state index in [0.29, 0.717) is 17.8 Å². The highest BCUT2D eigenvalue weighted by Crippen LogP contribution is 2.22. The first-order chi connectivity index (χ1) is 11.9. The molecule has 1 amide bonds. The molecule has 0 aliphatic carbocycles. The van der Waals surface area contributed by atoms with Gasteiger partial charge in [0.05, 0.1) is 0 Å². The largest absolute Gasteiger partial charge is 0.333 e. The van der Waals surface area contributed by atoms with Crippen LogP contribution in [-0.2, 0) is 10.0 Å². The summed E-state index contributed by atoms with van der Waals surface area (Å²) in [6.07, 6.45) is 0. The minimum absolute atomic E-state index is 0. The van der Waals surface area contributed by atoms with Gasteiger partial charge in [-0.3, -0.25) is 9.52 Å². The molecule has 0 spiro atoms. The summed E-state index contributed by atoms with van der Waals surface area (Å²) in [4.78, 5) is 14.7. The minimum Gasteiger partial charge on any atom is -0.333 e. The van der Waals surface area contributed by atoms with Crippen molar-refractivity contribution in [3.8, 4) is 0 Å². The lowest BCUT2D eigenvalue weighted by molar-refractivity contribution is 0.0603. The molecular formula is C17H22ClN3O3S2. The molecule has 0 radical (unpaired) electrons. The smallest absolute Gasteiger partial charge is 0.271 e. The molecule has 1 aliphatic heterocycles.